The highest BCUT2D eigenvalue weighted by Crippen LogP contribution is 2.32. The number of rotatable bonds is 6. The molecule has 0 spiro atoms. The van der Waals surface area contributed by atoms with Gasteiger partial charge in [0.15, 0.2) is 17.4 Å². The lowest BCUT2D eigenvalue weighted by molar-refractivity contribution is -0.104. The van der Waals surface area contributed by atoms with Crippen molar-refractivity contribution in [2.45, 2.75) is 6.92 Å². The highest BCUT2D eigenvalue weighted by atomic mass is 19.1. The van der Waals surface area contributed by atoms with Gasteiger partial charge in [0, 0.05) is 51.0 Å². The first-order chi connectivity index (χ1) is 19.9. The molecule has 0 aliphatic carbocycles. The van der Waals surface area contributed by atoms with Gasteiger partial charge in [0.05, 0.1) is 11.7 Å². The zero-order valence-corrected chi connectivity index (χ0v) is 23.0. The van der Waals surface area contributed by atoms with Crippen LogP contribution >= 0.6 is 0 Å². The number of nitrogens with zero attached hydrogens (tertiary/aromatic N) is 9. The van der Waals surface area contributed by atoms with Crippen LogP contribution in [0.25, 0.3) is 22.1 Å². The topological polar surface area (TPSA) is 127 Å². The van der Waals surface area contributed by atoms with Gasteiger partial charge in [-0.3, -0.25) is 4.79 Å². The number of fused-ring (bicyclic) bond motifs is 2. The number of carbonyl (C=O) groups excluding carboxylic acids is 1. The fourth-order valence-electron chi connectivity index (χ4n) is 4.31. The van der Waals surface area contributed by atoms with Gasteiger partial charge in [-0.25, -0.2) is 29.0 Å². The van der Waals surface area contributed by atoms with E-state index in [0.717, 1.165) is 37.4 Å². The van der Waals surface area contributed by atoms with Crippen LogP contribution in [0.15, 0.2) is 55.5 Å². The van der Waals surface area contributed by atoms with Gasteiger partial charge in [0.1, 0.15) is 34.9 Å². The molecular weight excluding hydrogens is 527 g/mol. The van der Waals surface area contributed by atoms with Crippen molar-refractivity contribution in [2.75, 3.05) is 43.4 Å². The molecule has 0 bridgehead atoms. The number of anilines is 3. The second-order valence-electron chi connectivity index (χ2n) is 9.48. The van der Waals surface area contributed by atoms with E-state index in [9.17, 15) is 4.39 Å². The molecule has 0 unspecified atom stereocenters. The van der Waals surface area contributed by atoms with Crippen LogP contribution in [0.3, 0.4) is 0 Å². The van der Waals surface area contributed by atoms with Crippen molar-refractivity contribution in [3.63, 3.8) is 0 Å². The number of hydrogen-bond acceptors (Lipinski definition) is 11. The minimum absolute atomic E-state index is 0.0896. The van der Waals surface area contributed by atoms with Crippen molar-refractivity contribution < 1.29 is 13.9 Å². The van der Waals surface area contributed by atoms with Gasteiger partial charge in [-0.05, 0) is 43.8 Å². The molecule has 1 saturated heterocycles. The molecule has 1 fully saturated rings. The van der Waals surface area contributed by atoms with Gasteiger partial charge in [0.2, 0.25) is 5.95 Å². The minimum Gasteiger partial charge on any atom is -0.454 e. The highest BCUT2D eigenvalue weighted by molar-refractivity contribution is 5.87. The zero-order valence-electron chi connectivity index (χ0n) is 23.0. The number of aldehydes is 1. The highest BCUT2D eigenvalue weighted by Gasteiger charge is 2.18. The van der Waals surface area contributed by atoms with Gasteiger partial charge in [-0.2, -0.15) is 0 Å². The van der Waals surface area contributed by atoms with E-state index in [1.54, 1.807) is 25.4 Å². The number of ether oxygens (including phenoxy) is 1. The monoisotopic (exact) mass is 556 g/mol. The van der Waals surface area contributed by atoms with E-state index in [2.05, 4.69) is 54.0 Å². The van der Waals surface area contributed by atoms with E-state index >= 15 is 0 Å². The molecule has 1 aliphatic rings. The van der Waals surface area contributed by atoms with Crippen LogP contribution < -0.4 is 15.0 Å². The van der Waals surface area contributed by atoms with Crippen molar-refractivity contribution >= 4 is 45.8 Å². The Morgan fingerprint density at radius 3 is 2.54 bits per heavy atom. The number of hydrogen-bond donors (Lipinski definition) is 1. The van der Waals surface area contributed by atoms with E-state index < -0.39 is 5.82 Å². The maximum atomic E-state index is 14.7. The number of allylic oxidation sites excluding steroid dienone is 1. The molecule has 0 amide bonds. The number of aromatic nitrogens is 7. The third kappa shape index (κ3) is 6.09. The average Bonchev–Trinajstić information content (AvgIpc) is 3.34. The van der Waals surface area contributed by atoms with Gasteiger partial charge in [-0.15, -0.1) is 5.10 Å². The summed E-state index contributed by atoms with van der Waals surface area (Å²) >= 11 is 0. The summed E-state index contributed by atoms with van der Waals surface area (Å²) < 4.78 is 22.1. The Hall–Kier alpha value is -5.04. The molecule has 2 aromatic carbocycles. The lowest BCUT2D eigenvalue weighted by Gasteiger charge is -2.32. The summed E-state index contributed by atoms with van der Waals surface area (Å²) in [5.41, 5.74) is 4.05. The van der Waals surface area contributed by atoms with Crippen molar-refractivity contribution in [3.05, 3.63) is 66.9 Å². The standard InChI is InChI=1S/C25H25FN10O.C3H4O/c1-15-10-16(4-5-21(15)37-22-12-18-20(11-17(22)26)35(3)33-32-18)30-24-23-19(28-14-29-24)13-27-25(31-23)36-8-6-34(2)7-9-36;1-2-3-4/h4-5,10-14H,6-9H2,1-3H3,(H,28,29,30);2-3H,1H2. The number of likely N-dealkylation sites (N-methyl/N-ethyl adjacent to an activating group) is 1. The molecule has 3 aromatic heterocycles. The molecule has 13 heteroatoms. The smallest absolute Gasteiger partial charge is 0.226 e. The fraction of sp³-hybridized carbons (Fsp3) is 0.250. The second-order valence-corrected chi connectivity index (χ2v) is 9.48. The summed E-state index contributed by atoms with van der Waals surface area (Å²) in [6, 6.07) is 8.45. The predicted molar refractivity (Wildman–Crippen MR) is 154 cm³/mol. The third-order valence-electron chi connectivity index (χ3n) is 6.57. The van der Waals surface area contributed by atoms with Crippen molar-refractivity contribution in [3.8, 4) is 11.5 Å². The first-order valence-electron chi connectivity index (χ1n) is 12.9. The minimum atomic E-state index is -0.484. The number of nitrogens with one attached hydrogen (secondary N) is 1. The maximum absolute atomic E-state index is 14.7. The molecule has 4 heterocycles. The predicted octanol–water partition coefficient (Wildman–Crippen LogP) is 3.81. The summed E-state index contributed by atoms with van der Waals surface area (Å²) in [6.45, 7) is 8.65. The van der Waals surface area contributed by atoms with E-state index in [1.807, 2.05) is 19.1 Å². The van der Waals surface area contributed by atoms with Crippen LogP contribution in [-0.2, 0) is 11.8 Å². The zero-order chi connectivity index (χ0) is 28.9. The summed E-state index contributed by atoms with van der Waals surface area (Å²) in [4.78, 5) is 31.6. The second kappa shape index (κ2) is 12.0. The summed E-state index contributed by atoms with van der Waals surface area (Å²) in [5.74, 6) is 1.38. The molecule has 1 aliphatic heterocycles. The molecule has 41 heavy (non-hydrogen) atoms. The van der Waals surface area contributed by atoms with Crippen LogP contribution in [0, 0.1) is 12.7 Å². The normalized spacial score (nSPS) is 13.5. The van der Waals surface area contributed by atoms with Gasteiger partial charge in [-0.1, -0.05) is 11.8 Å². The number of halogens is 1. The molecule has 210 valence electrons. The van der Waals surface area contributed by atoms with E-state index in [4.69, 9.17) is 14.5 Å². The Labute approximate surface area is 235 Å². The van der Waals surface area contributed by atoms with Crippen molar-refractivity contribution in [2.24, 2.45) is 7.05 Å². The number of carbonyl (C=O) groups is 1. The molecular formula is C28H29FN10O2. The molecule has 6 rings (SSSR count). The van der Waals surface area contributed by atoms with E-state index in [0.29, 0.717) is 45.9 Å². The molecule has 1 N–H and O–H groups in total. The lowest BCUT2D eigenvalue weighted by Crippen LogP contribution is -2.45. The van der Waals surface area contributed by atoms with Crippen LogP contribution in [0.5, 0.6) is 11.5 Å². The maximum Gasteiger partial charge on any atom is 0.226 e. The first kappa shape index (κ1) is 27.5. The van der Waals surface area contributed by atoms with Crippen molar-refractivity contribution in [1.82, 2.24) is 39.8 Å². The van der Waals surface area contributed by atoms with E-state index in [-0.39, 0.29) is 5.75 Å². The average molecular weight is 557 g/mol. The Morgan fingerprint density at radius 1 is 1.02 bits per heavy atom. The van der Waals surface area contributed by atoms with Crippen LogP contribution in [0.4, 0.5) is 21.8 Å². The van der Waals surface area contributed by atoms with Crippen LogP contribution in [0.2, 0.25) is 0 Å². The SMILES string of the molecule is C=CC=O.Cc1cc(Nc2ncnc3cnc(N4CCN(C)CC4)nc23)ccc1Oc1cc2nnn(C)c2cc1F. The largest absolute Gasteiger partial charge is 0.454 e. The number of piperazine rings is 1. The van der Waals surface area contributed by atoms with Gasteiger partial charge in [0.25, 0.3) is 0 Å². The third-order valence-corrected chi connectivity index (χ3v) is 6.57. The van der Waals surface area contributed by atoms with Crippen molar-refractivity contribution in [1.29, 1.82) is 0 Å². The number of aryl methyl sites for hydroxylation is 2. The molecule has 12 nitrogen and oxygen atoms in total. The van der Waals surface area contributed by atoms with Gasteiger partial charge < -0.3 is 19.9 Å². The van der Waals surface area contributed by atoms with Crippen LogP contribution in [-0.4, -0.2) is 79.3 Å². The summed E-state index contributed by atoms with van der Waals surface area (Å²) in [5, 5.41) is 11.3. The Bertz CT molecular complexity index is 1710. The Kier molecular flexibility index (Phi) is 8.06. The lowest BCUT2D eigenvalue weighted by atomic mass is 10.2. The Balaban J connectivity index is 0.000000794. The quantitative estimate of drug-likeness (QED) is 0.242. The molecule has 5 aromatic rings. The van der Waals surface area contributed by atoms with E-state index in [1.165, 1.54) is 23.2 Å². The molecule has 0 saturated carbocycles. The summed E-state index contributed by atoms with van der Waals surface area (Å²) in [6.07, 6.45) is 5.05. The number of benzene rings is 2. The van der Waals surface area contributed by atoms with Gasteiger partial charge >= 0.3 is 0 Å². The summed E-state index contributed by atoms with van der Waals surface area (Å²) in [7, 11) is 3.82. The first-order valence-corrected chi connectivity index (χ1v) is 12.9. The molecule has 0 radical (unpaired) electrons. The molecule has 0 atom stereocenters. The van der Waals surface area contributed by atoms with Crippen LogP contribution in [0.1, 0.15) is 5.56 Å². The fourth-order valence-corrected chi connectivity index (χ4v) is 4.31. The Morgan fingerprint density at radius 2 is 1.80 bits per heavy atom.